The summed E-state index contributed by atoms with van der Waals surface area (Å²) in [6.07, 6.45) is 50.7. The van der Waals surface area contributed by atoms with Gasteiger partial charge in [-0.15, -0.1) is 0 Å². The molecule has 4 N–H and O–H groups in total. The summed E-state index contributed by atoms with van der Waals surface area (Å²) in [5.41, 5.74) is 0. The van der Waals surface area contributed by atoms with Crippen molar-refractivity contribution < 1.29 is 17.5 Å². The minimum atomic E-state index is -2.59. The molecule has 0 aromatic carbocycles. The highest BCUT2D eigenvalue weighted by atomic mass is 33.2. The zero-order valence-electron chi connectivity index (χ0n) is 42.4. The number of rotatable bonds is 35. The second-order valence-electron chi connectivity index (χ2n) is 15.8. The predicted octanol–water partition coefficient (Wildman–Crippen LogP) is 17.9. The molecule has 362 valence electrons. The first kappa shape index (κ1) is 72.6. The van der Waals surface area contributed by atoms with Crippen molar-refractivity contribution in [2.45, 2.75) is 300 Å². The molecule has 58 heavy (non-hydrogen) atoms. The van der Waals surface area contributed by atoms with E-state index < -0.39 is 20.2 Å². The Balaban J connectivity index is -0.000000105. The molecular weight excluding hydrogens is 757 g/mol. The largest absolute Gasteiger partial charge is 0.320 e. The molecule has 0 fully saturated rings. The molecule has 0 aromatic rings. The van der Waals surface area contributed by atoms with Gasteiger partial charge in [0, 0.05) is 0 Å². The van der Waals surface area contributed by atoms with Crippen LogP contribution in [0.25, 0.3) is 0 Å². The van der Waals surface area contributed by atoms with Crippen molar-refractivity contribution in [1.29, 1.82) is 0 Å². The lowest BCUT2D eigenvalue weighted by Crippen LogP contribution is -2.06. The van der Waals surface area contributed by atoms with Gasteiger partial charge in [0.1, 0.15) is 0 Å². The van der Waals surface area contributed by atoms with Crippen LogP contribution in [0.15, 0.2) is 0 Å². The molecule has 0 rings (SSSR count). The summed E-state index contributed by atoms with van der Waals surface area (Å²) in [5.74, 6) is 0. The van der Waals surface area contributed by atoms with Gasteiger partial charge >= 0.3 is 0 Å². The fourth-order valence-corrected chi connectivity index (χ4v) is 5.58. The highest BCUT2D eigenvalue weighted by molar-refractivity contribution is 8.56. The van der Waals surface area contributed by atoms with E-state index in [0.717, 1.165) is 0 Å². The Labute approximate surface area is 374 Å². The topological polar surface area (TPSA) is 98.7 Å². The summed E-state index contributed by atoms with van der Waals surface area (Å²) in [5, 5.41) is 6.32. The average Bonchev–Trinajstić information content (AvgIpc) is 3.23. The Morgan fingerprint density at radius 1 is 0.259 bits per heavy atom. The molecule has 0 saturated carbocycles. The van der Waals surface area contributed by atoms with E-state index >= 15 is 0 Å². The van der Waals surface area contributed by atoms with Crippen LogP contribution in [0.3, 0.4) is 0 Å². The van der Waals surface area contributed by atoms with Crippen LogP contribution >= 0.6 is 0 Å². The van der Waals surface area contributed by atoms with Gasteiger partial charge in [-0.2, -0.15) is 0 Å². The van der Waals surface area contributed by atoms with Crippen LogP contribution in [-0.2, 0) is 20.2 Å². The fraction of sp³-hybridized carbons (Fsp3) is 1.00. The molecule has 2 atom stereocenters. The van der Waals surface area contributed by atoms with Gasteiger partial charge in [-0.05, 0) is 40.0 Å². The van der Waals surface area contributed by atoms with E-state index in [4.69, 9.17) is 9.11 Å². The smallest absolute Gasteiger partial charge is 0.274 e. The molecule has 2 unspecified atom stereocenters. The first-order valence-corrected chi connectivity index (χ1v) is 28.4. The van der Waals surface area contributed by atoms with Gasteiger partial charge in [0.2, 0.25) is 0 Å². The van der Waals surface area contributed by atoms with Crippen molar-refractivity contribution in [3.05, 3.63) is 0 Å². The van der Waals surface area contributed by atoms with Gasteiger partial charge in [0.25, 0.3) is 20.2 Å². The molecular formula is C50H116N2O4S2. The van der Waals surface area contributed by atoms with Crippen LogP contribution in [0.2, 0.25) is 0 Å². The van der Waals surface area contributed by atoms with Crippen LogP contribution in [0, 0.1) is 0 Å². The quantitative estimate of drug-likeness (QED) is 0.0288. The van der Waals surface area contributed by atoms with Crippen LogP contribution < -0.4 is 10.6 Å². The Kier molecular flexibility index (Phi) is 106. The Hall–Kier alpha value is 0.140. The van der Waals surface area contributed by atoms with E-state index in [1.807, 2.05) is 14.1 Å². The van der Waals surface area contributed by atoms with Crippen LogP contribution in [0.5, 0.6) is 0 Å². The Morgan fingerprint density at radius 3 is 0.483 bits per heavy atom. The molecule has 0 aliphatic rings. The third kappa shape index (κ3) is 117. The van der Waals surface area contributed by atoms with E-state index in [0.29, 0.717) is 0 Å². The highest BCUT2D eigenvalue weighted by Gasteiger charge is 1.96. The normalized spacial score (nSPS) is 10.9. The summed E-state index contributed by atoms with van der Waals surface area (Å²) >= 11 is 0. The van der Waals surface area contributed by atoms with Crippen molar-refractivity contribution in [2.24, 2.45) is 0 Å². The summed E-state index contributed by atoms with van der Waals surface area (Å²) in [7, 11) is -1.14. The van der Waals surface area contributed by atoms with Gasteiger partial charge in [-0.3, -0.25) is 9.11 Å². The lowest BCUT2D eigenvalue weighted by molar-refractivity contribution is 0.548. The number of hydrogen-bond acceptors (Lipinski definition) is 4. The molecule has 0 heterocycles. The van der Waals surface area contributed by atoms with Crippen molar-refractivity contribution in [3.63, 3.8) is 0 Å². The first-order valence-electron chi connectivity index (χ1n) is 25.6. The molecule has 0 amide bonds. The summed E-state index contributed by atoms with van der Waals surface area (Å²) in [6, 6.07) is 0. The van der Waals surface area contributed by atoms with E-state index in [-0.39, 0.29) is 0 Å². The number of nitrogens with one attached hydrogen (secondary N) is 2. The molecule has 0 aliphatic carbocycles. The second-order valence-corrected chi connectivity index (χ2v) is 18.4. The van der Waals surface area contributed by atoms with Crippen molar-refractivity contribution in [3.8, 4) is 0 Å². The highest BCUT2D eigenvalue weighted by Crippen LogP contribution is 2.07. The molecule has 6 nitrogen and oxygen atoms in total. The Bertz CT molecular complexity index is 514. The third-order valence-corrected chi connectivity index (χ3v) is 10.5. The molecule has 0 aromatic heterocycles. The summed E-state index contributed by atoms with van der Waals surface area (Å²) in [6.45, 7) is 24.9. The minimum absolute atomic E-state index is 1.19. The van der Waals surface area contributed by atoms with Crippen LogP contribution in [0.4, 0.5) is 0 Å². The van der Waals surface area contributed by atoms with Gasteiger partial charge in [0.05, 0.1) is 0 Å². The summed E-state index contributed by atoms with van der Waals surface area (Å²) < 4.78 is 33.6. The van der Waals surface area contributed by atoms with Crippen molar-refractivity contribution in [2.75, 3.05) is 27.2 Å². The van der Waals surface area contributed by atoms with E-state index in [1.165, 1.54) is 244 Å². The van der Waals surface area contributed by atoms with E-state index in [2.05, 4.69) is 79.9 Å². The SMILES string of the molecule is CCCCCCCC.CCCCCCCC.CCCCCCCC.CCCCCCCC.CCCCCCCCNC.CCCCCCCCNC.O=S(O)S(=O)O. The zero-order valence-corrected chi connectivity index (χ0v) is 44.0. The van der Waals surface area contributed by atoms with E-state index in [9.17, 15) is 8.42 Å². The monoisotopic (exact) mass is 873 g/mol. The van der Waals surface area contributed by atoms with E-state index in [1.54, 1.807) is 0 Å². The van der Waals surface area contributed by atoms with Gasteiger partial charge in [-0.1, -0.05) is 288 Å². The molecule has 0 saturated heterocycles. The Morgan fingerprint density at radius 2 is 0.379 bits per heavy atom. The fourth-order valence-electron chi connectivity index (χ4n) is 5.58. The minimum Gasteiger partial charge on any atom is -0.320 e. The number of hydrogen-bond donors (Lipinski definition) is 4. The average molecular weight is 874 g/mol. The lowest BCUT2D eigenvalue weighted by atomic mass is 10.1. The maximum atomic E-state index is 9.26. The maximum Gasteiger partial charge on any atom is 0.274 e. The maximum absolute atomic E-state index is 9.26. The van der Waals surface area contributed by atoms with Crippen LogP contribution in [-0.4, -0.2) is 44.7 Å². The second kappa shape index (κ2) is 84.6. The summed E-state index contributed by atoms with van der Waals surface area (Å²) in [4.78, 5) is 0. The third-order valence-electron chi connectivity index (χ3n) is 9.51. The molecule has 0 bridgehead atoms. The number of unbranched alkanes of at least 4 members (excludes halogenated alkanes) is 30. The van der Waals surface area contributed by atoms with Crippen LogP contribution in [0.1, 0.15) is 300 Å². The molecule has 0 radical (unpaired) electrons. The molecule has 8 heteroatoms. The first-order chi connectivity index (χ1) is 28.1. The standard InChI is InChI=1S/2C9H21N.4C8H18.H2O4S2/c2*1-3-4-5-6-7-8-9-10-2;4*1-3-5-7-8-6-4-2;1-5(2)6(3)4/h2*10H,3-9H2,1-2H3;4*3-8H2,1-2H3;(H,1,2)(H,3,4). The lowest BCUT2D eigenvalue weighted by Gasteiger charge is -1.98. The van der Waals surface area contributed by atoms with Gasteiger partial charge in [-0.25, -0.2) is 8.42 Å². The van der Waals surface area contributed by atoms with Crippen molar-refractivity contribution in [1.82, 2.24) is 10.6 Å². The van der Waals surface area contributed by atoms with Gasteiger partial charge < -0.3 is 10.6 Å². The van der Waals surface area contributed by atoms with Gasteiger partial charge in [0.15, 0.2) is 0 Å². The zero-order chi connectivity index (χ0) is 45.4. The van der Waals surface area contributed by atoms with Crippen molar-refractivity contribution >= 4 is 20.2 Å². The molecule has 0 aliphatic heterocycles. The molecule has 0 spiro atoms. The predicted molar refractivity (Wildman–Crippen MR) is 272 cm³/mol.